The number of hydrogen-bond acceptors (Lipinski definition) is 2. The van der Waals surface area contributed by atoms with E-state index in [2.05, 4.69) is 66.1 Å². The van der Waals surface area contributed by atoms with Gasteiger partial charge in [-0.15, -0.1) is 0 Å². The van der Waals surface area contributed by atoms with Gasteiger partial charge in [0.15, 0.2) is 0 Å². The molecule has 4 heteroatoms. The molecule has 1 fully saturated rings. The predicted molar refractivity (Wildman–Crippen MR) is 119 cm³/mol. The minimum Gasteiger partial charge on any atom is -0.338 e. The minimum atomic E-state index is 0.0970. The number of carbonyl (C=O) groups is 1. The van der Waals surface area contributed by atoms with Crippen molar-refractivity contribution in [1.82, 2.24) is 14.5 Å². The van der Waals surface area contributed by atoms with Crippen molar-refractivity contribution in [3.8, 4) is 0 Å². The van der Waals surface area contributed by atoms with Crippen LogP contribution in [0.5, 0.6) is 0 Å². The molecule has 0 radical (unpaired) electrons. The van der Waals surface area contributed by atoms with Crippen LogP contribution in [-0.2, 0) is 11.3 Å². The summed E-state index contributed by atoms with van der Waals surface area (Å²) in [5, 5.41) is 0. The number of para-hydroxylation sites is 2. The second-order valence-electron chi connectivity index (χ2n) is 8.08. The molecular formula is C26H25N3O. The van der Waals surface area contributed by atoms with E-state index in [-0.39, 0.29) is 17.9 Å². The fraction of sp³-hybridized carbons (Fsp3) is 0.231. The van der Waals surface area contributed by atoms with Gasteiger partial charge in [0.2, 0.25) is 5.91 Å². The highest BCUT2D eigenvalue weighted by Gasteiger charge is 2.34. The second kappa shape index (κ2) is 7.79. The first-order valence-corrected chi connectivity index (χ1v) is 10.5. The summed E-state index contributed by atoms with van der Waals surface area (Å²) in [5.41, 5.74) is 4.52. The van der Waals surface area contributed by atoms with Crippen molar-refractivity contribution in [2.24, 2.45) is 0 Å². The number of carbonyl (C=O) groups excluding carboxylic acids is 1. The topological polar surface area (TPSA) is 38.1 Å². The van der Waals surface area contributed by atoms with E-state index < -0.39 is 0 Å². The summed E-state index contributed by atoms with van der Waals surface area (Å²) in [7, 11) is 0. The van der Waals surface area contributed by atoms with Crippen molar-refractivity contribution in [3.63, 3.8) is 0 Å². The molecule has 1 aliphatic heterocycles. The number of nitrogens with zero attached hydrogens (tertiary/aromatic N) is 3. The van der Waals surface area contributed by atoms with Gasteiger partial charge in [-0.3, -0.25) is 4.79 Å². The Bertz CT molecular complexity index is 1170. The molecule has 4 nitrogen and oxygen atoms in total. The number of benzene rings is 3. The van der Waals surface area contributed by atoms with Crippen LogP contribution >= 0.6 is 0 Å². The molecule has 2 heterocycles. The molecule has 5 rings (SSSR count). The SMILES string of the molecule is C[C@@H](c1ccccc1)n1c([C@@H]2CC(=O)N(Cc3ccccc3)C2)nc2ccccc21. The standard InChI is InChI=1S/C26H25N3O/c1-19(21-12-6-3-7-13-21)29-24-15-9-8-14-23(24)27-26(29)22-16-25(30)28(18-22)17-20-10-4-2-5-11-20/h2-15,19,22H,16-18H2,1H3/t19-,22+/m0/s1. The number of hydrogen-bond donors (Lipinski definition) is 0. The first-order valence-electron chi connectivity index (χ1n) is 10.5. The van der Waals surface area contributed by atoms with Gasteiger partial charge in [0.25, 0.3) is 0 Å². The van der Waals surface area contributed by atoms with Crippen LogP contribution in [0, 0.1) is 0 Å². The van der Waals surface area contributed by atoms with Gasteiger partial charge in [-0.25, -0.2) is 4.98 Å². The summed E-state index contributed by atoms with van der Waals surface area (Å²) < 4.78 is 2.33. The second-order valence-corrected chi connectivity index (χ2v) is 8.08. The Labute approximate surface area is 176 Å². The van der Waals surface area contributed by atoms with E-state index in [0.717, 1.165) is 22.4 Å². The zero-order valence-electron chi connectivity index (χ0n) is 17.1. The lowest BCUT2D eigenvalue weighted by molar-refractivity contribution is -0.128. The van der Waals surface area contributed by atoms with E-state index in [4.69, 9.17) is 4.98 Å². The van der Waals surface area contributed by atoms with E-state index in [1.807, 2.05) is 35.2 Å². The van der Waals surface area contributed by atoms with Crippen LogP contribution in [0.25, 0.3) is 11.0 Å². The highest BCUT2D eigenvalue weighted by molar-refractivity contribution is 5.81. The lowest BCUT2D eigenvalue weighted by Gasteiger charge is -2.21. The van der Waals surface area contributed by atoms with Gasteiger partial charge in [0.05, 0.1) is 17.1 Å². The number of imidazole rings is 1. The normalized spacial score (nSPS) is 17.6. The monoisotopic (exact) mass is 395 g/mol. The predicted octanol–water partition coefficient (Wildman–Crippen LogP) is 5.16. The Hall–Kier alpha value is -3.40. The molecule has 0 bridgehead atoms. The summed E-state index contributed by atoms with van der Waals surface area (Å²) >= 11 is 0. The van der Waals surface area contributed by atoms with E-state index >= 15 is 0 Å². The Morgan fingerprint density at radius 1 is 0.933 bits per heavy atom. The number of rotatable bonds is 5. The summed E-state index contributed by atoms with van der Waals surface area (Å²) in [5.74, 6) is 1.31. The summed E-state index contributed by atoms with van der Waals surface area (Å²) in [6.07, 6.45) is 0.512. The molecule has 1 amide bonds. The molecule has 1 saturated heterocycles. The summed E-state index contributed by atoms with van der Waals surface area (Å²) in [4.78, 5) is 19.8. The van der Waals surface area contributed by atoms with Crippen LogP contribution in [0.3, 0.4) is 0 Å². The van der Waals surface area contributed by atoms with Crippen molar-refractivity contribution >= 4 is 16.9 Å². The molecule has 0 saturated carbocycles. The maximum absolute atomic E-state index is 12.8. The van der Waals surface area contributed by atoms with Gasteiger partial charge in [0, 0.05) is 25.4 Å². The van der Waals surface area contributed by atoms with Crippen LogP contribution in [-0.4, -0.2) is 26.9 Å². The lowest BCUT2D eigenvalue weighted by atomic mass is 10.0. The fourth-order valence-corrected chi connectivity index (χ4v) is 4.54. The van der Waals surface area contributed by atoms with Crippen LogP contribution in [0.1, 0.15) is 42.3 Å². The summed E-state index contributed by atoms with van der Waals surface area (Å²) in [6.45, 7) is 3.58. The Morgan fingerprint density at radius 2 is 1.60 bits per heavy atom. The molecule has 0 spiro atoms. The Kier molecular flexibility index (Phi) is 4.83. The fourth-order valence-electron chi connectivity index (χ4n) is 4.54. The minimum absolute atomic E-state index is 0.0970. The van der Waals surface area contributed by atoms with Crippen molar-refractivity contribution in [3.05, 3.63) is 102 Å². The first kappa shape index (κ1) is 18.6. The molecule has 0 aliphatic carbocycles. The van der Waals surface area contributed by atoms with E-state index in [0.29, 0.717) is 19.5 Å². The average molecular weight is 396 g/mol. The molecule has 30 heavy (non-hydrogen) atoms. The van der Waals surface area contributed by atoms with Crippen molar-refractivity contribution in [2.75, 3.05) is 6.54 Å². The van der Waals surface area contributed by atoms with Crippen molar-refractivity contribution in [1.29, 1.82) is 0 Å². The highest BCUT2D eigenvalue weighted by atomic mass is 16.2. The molecule has 150 valence electrons. The largest absolute Gasteiger partial charge is 0.338 e. The van der Waals surface area contributed by atoms with Crippen LogP contribution in [0.4, 0.5) is 0 Å². The van der Waals surface area contributed by atoms with Gasteiger partial charge in [-0.1, -0.05) is 72.8 Å². The van der Waals surface area contributed by atoms with E-state index in [9.17, 15) is 4.79 Å². The van der Waals surface area contributed by atoms with E-state index in [1.165, 1.54) is 5.56 Å². The van der Waals surface area contributed by atoms with Gasteiger partial charge in [-0.05, 0) is 30.2 Å². The van der Waals surface area contributed by atoms with Gasteiger partial charge >= 0.3 is 0 Å². The first-order chi connectivity index (χ1) is 14.7. The Morgan fingerprint density at radius 3 is 2.37 bits per heavy atom. The maximum atomic E-state index is 12.8. The zero-order chi connectivity index (χ0) is 20.5. The lowest BCUT2D eigenvalue weighted by Crippen LogP contribution is -2.24. The van der Waals surface area contributed by atoms with Crippen LogP contribution in [0.2, 0.25) is 0 Å². The summed E-state index contributed by atoms with van der Waals surface area (Å²) in [6, 6.07) is 29.1. The van der Waals surface area contributed by atoms with Crippen molar-refractivity contribution in [2.45, 2.75) is 31.8 Å². The van der Waals surface area contributed by atoms with E-state index in [1.54, 1.807) is 0 Å². The van der Waals surface area contributed by atoms with Gasteiger partial charge in [0.1, 0.15) is 5.82 Å². The molecule has 0 N–H and O–H groups in total. The molecule has 3 aromatic carbocycles. The molecule has 0 unspecified atom stereocenters. The van der Waals surface area contributed by atoms with Gasteiger partial charge in [-0.2, -0.15) is 0 Å². The molecule has 1 aromatic heterocycles. The quantitative estimate of drug-likeness (QED) is 0.468. The number of fused-ring (bicyclic) bond motifs is 1. The van der Waals surface area contributed by atoms with Gasteiger partial charge < -0.3 is 9.47 Å². The third-order valence-corrected chi connectivity index (χ3v) is 6.09. The van der Waals surface area contributed by atoms with Crippen LogP contribution in [0.15, 0.2) is 84.9 Å². The molecule has 2 atom stereocenters. The number of likely N-dealkylation sites (tertiary alicyclic amines) is 1. The molecular weight excluding hydrogens is 370 g/mol. The molecule has 1 aliphatic rings. The third kappa shape index (κ3) is 3.39. The maximum Gasteiger partial charge on any atom is 0.223 e. The molecule has 4 aromatic rings. The third-order valence-electron chi connectivity index (χ3n) is 6.09. The number of aromatic nitrogens is 2. The number of amides is 1. The smallest absolute Gasteiger partial charge is 0.223 e. The zero-order valence-corrected chi connectivity index (χ0v) is 17.1. The highest BCUT2D eigenvalue weighted by Crippen LogP contribution is 2.34. The van der Waals surface area contributed by atoms with Crippen molar-refractivity contribution < 1.29 is 4.79 Å². The van der Waals surface area contributed by atoms with Crippen LogP contribution < -0.4 is 0 Å². The average Bonchev–Trinajstić information content (AvgIpc) is 3.35. The Balaban J connectivity index is 1.51.